The van der Waals surface area contributed by atoms with Gasteiger partial charge in [0.1, 0.15) is 5.76 Å². The summed E-state index contributed by atoms with van der Waals surface area (Å²) in [4.78, 5) is 15.3. The Morgan fingerprint density at radius 3 is 2.81 bits per heavy atom. The average Bonchev–Trinajstić information content (AvgIpc) is 3.07. The largest absolute Gasteiger partial charge is 0.464 e. The first kappa shape index (κ1) is 15.6. The molecule has 10 heteroatoms. The Balaban J connectivity index is 2.29. The maximum Gasteiger partial charge on any atom is 0.358 e. The fraction of sp³-hybridized carbons (Fsp3) is 0.364. The zero-order chi connectivity index (χ0) is 15.6. The maximum atomic E-state index is 12.5. The van der Waals surface area contributed by atoms with Crippen LogP contribution >= 0.6 is 11.3 Å². The Hall–Kier alpha value is -1.78. The molecule has 0 atom stereocenters. The van der Waals surface area contributed by atoms with Gasteiger partial charge in [-0.25, -0.2) is 18.2 Å². The molecule has 114 valence electrons. The number of rotatable bonds is 5. The van der Waals surface area contributed by atoms with Crippen molar-refractivity contribution < 1.29 is 22.5 Å². The zero-order valence-electron chi connectivity index (χ0n) is 11.6. The Kier molecular flexibility index (Phi) is 4.40. The van der Waals surface area contributed by atoms with Gasteiger partial charge in [0.05, 0.1) is 24.9 Å². The van der Waals surface area contributed by atoms with Gasteiger partial charge in [-0.3, -0.25) is 0 Å². The molecule has 0 bridgehead atoms. The lowest BCUT2D eigenvalue weighted by Gasteiger charge is -2.14. The molecule has 0 aliphatic carbocycles. The summed E-state index contributed by atoms with van der Waals surface area (Å²) in [5.74, 6) is -0.204. The summed E-state index contributed by atoms with van der Waals surface area (Å²) in [5.41, 5.74) is 1.54. The van der Waals surface area contributed by atoms with Crippen LogP contribution in [-0.4, -0.2) is 43.0 Å². The van der Waals surface area contributed by atoms with E-state index < -0.39 is 16.0 Å². The average molecular weight is 331 g/mol. The molecule has 0 spiro atoms. The van der Waals surface area contributed by atoms with Crippen LogP contribution in [0.2, 0.25) is 0 Å². The number of hydrogen-bond donors (Lipinski definition) is 0. The Bertz CT molecular complexity index is 750. The van der Waals surface area contributed by atoms with Crippen LogP contribution in [0.1, 0.15) is 21.9 Å². The second-order valence-electron chi connectivity index (χ2n) is 4.17. The minimum Gasteiger partial charge on any atom is -0.464 e. The Morgan fingerprint density at radius 2 is 2.24 bits per heavy atom. The zero-order valence-corrected chi connectivity index (χ0v) is 13.2. The van der Waals surface area contributed by atoms with Crippen molar-refractivity contribution in [3.8, 4) is 0 Å². The lowest BCUT2D eigenvalue weighted by atomic mass is 10.4. The van der Waals surface area contributed by atoms with Crippen LogP contribution in [0, 0.1) is 6.92 Å². The van der Waals surface area contributed by atoms with Gasteiger partial charge in [-0.05, 0) is 6.92 Å². The summed E-state index contributed by atoms with van der Waals surface area (Å²) in [6.45, 7) is 1.74. The van der Waals surface area contributed by atoms with Crippen molar-refractivity contribution in [2.24, 2.45) is 0 Å². The minimum absolute atomic E-state index is 0.0260. The molecule has 2 aromatic heterocycles. The molecule has 0 fully saturated rings. The van der Waals surface area contributed by atoms with E-state index in [0.717, 1.165) is 15.6 Å². The highest BCUT2D eigenvalue weighted by molar-refractivity contribution is 7.91. The van der Waals surface area contributed by atoms with E-state index in [-0.39, 0.29) is 16.4 Å². The van der Waals surface area contributed by atoms with Crippen molar-refractivity contribution in [1.82, 2.24) is 14.4 Å². The molecule has 0 saturated carbocycles. The van der Waals surface area contributed by atoms with Gasteiger partial charge in [0.25, 0.3) is 10.0 Å². The van der Waals surface area contributed by atoms with Gasteiger partial charge in [0.2, 0.25) is 0 Å². The lowest BCUT2D eigenvalue weighted by Crippen LogP contribution is -2.27. The van der Waals surface area contributed by atoms with Crippen LogP contribution in [0.25, 0.3) is 0 Å². The number of esters is 1. The number of aromatic nitrogens is 2. The number of nitrogens with zero attached hydrogens (tertiary/aromatic N) is 3. The summed E-state index contributed by atoms with van der Waals surface area (Å²) in [7, 11) is -1.31. The molecular formula is C11H13N3O5S2. The standard InChI is InChI=1S/C11H13N3O5S2/c1-7-4-8(13-19-7)5-14(2)21(16,17)11-9(10(15)18-3)12-6-20-11/h4,6H,5H2,1-3H3. The summed E-state index contributed by atoms with van der Waals surface area (Å²) in [5, 5.41) is 3.74. The number of methoxy groups -OCH3 is 1. The predicted octanol–water partition coefficient (Wildman–Crippen LogP) is 1.05. The third kappa shape index (κ3) is 3.12. The fourth-order valence-corrected chi connectivity index (χ4v) is 4.06. The number of carbonyl (C=O) groups is 1. The highest BCUT2D eigenvalue weighted by Crippen LogP contribution is 2.25. The van der Waals surface area contributed by atoms with Crippen LogP contribution in [0.15, 0.2) is 20.3 Å². The first-order valence-corrected chi connectivity index (χ1v) is 8.08. The Labute approximate surface area is 125 Å². The highest BCUT2D eigenvalue weighted by Gasteiger charge is 2.30. The first-order valence-electron chi connectivity index (χ1n) is 5.76. The summed E-state index contributed by atoms with van der Waals surface area (Å²) < 4.78 is 35.3. The topological polar surface area (TPSA) is 103 Å². The van der Waals surface area contributed by atoms with Crippen molar-refractivity contribution in [3.05, 3.63) is 28.7 Å². The number of thiazole rings is 1. The first-order chi connectivity index (χ1) is 9.86. The molecule has 0 amide bonds. The molecule has 0 saturated heterocycles. The van der Waals surface area contributed by atoms with E-state index in [4.69, 9.17) is 4.52 Å². The van der Waals surface area contributed by atoms with Gasteiger partial charge in [0, 0.05) is 13.1 Å². The van der Waals surface area contributed by atoms with Crippen molar-refractivity contribution in [2.45, 2.75) is 17.7 Å². The van der Waals surface area contributed by atoms with Crippen LogP contribution in [0.5, 0.6) is 0 Å². The maximum absolute atomic E-state index is 12.5. The number of hydrogen-bond acceptors (Lipinski definition) is 8. The molecule has 2 rings (SSSR count). The molecule has 2 heterocycles. The molecule has 0 N–H and O–H groups in total. The van der Waals surface area contributed by atoms with Gasteiger partial charge >= 0.3 is 5.97 Å². The number of sulfonamides is 1. The van der Waals surface area contributed by atoms with E-state index in [1.165, 1.54) is 19.7 Å². The third-order valence-corrected chi connectivity index (χ3v) is 5.77. The van der Waals surface area contributed by atoms with Gasteiger partial charge < -0.3 is 9.26 Å². The molecule has 2 aromatic rings. The molecule has 21 heavy (non-hydrogen) atoms. The number of aryl methyl sites for hydroxylation is 1. The summed E-state index contributed by atoms with van der Waals surface area (Å²) in [6.07, 6.45) is 0. The van der Waals surface area contributed by atoms with Crippen molar-refractivity contribution in [3.63, 3.8) is 0 Å². The molecule has 0 unspecified atom stereocenters. The minimum atomic E-state index is -3.86. The van der Waals surface area contributed by atoms with Crippen molar-refractivity contribution >= 4 is 27.3 Å². The molecular weight excluding hydrogens is 318 g/mol. The molecule has 0 aromatic carbocycles. The van der Waals surface area contributed by atoms with Crippen LogP contribution in [-0.2, 0) is 21.3 Å². The number of ether oxygens (including phenoxy) is 1. The summed E-state index contributed by atoms with van der Waals surface area (Å²) in [6, 6.07) is 1.64. The van der Waals surface area contributed by atoms with E-state index >= 15 is 0 Å². The highest BCUT2D eigenvalue weighted by atomic mass is 32.2. The molecule has 0 aliphatic heterocycles. The Morgan fingerprint density at radius 1 is 1.52 bits per heavy atom. The molecule has 0 radical (unpaired) electrons. The normalized spacial score (nSPS) is 11.8. The SMILES string of the molecule is COC(=O)c1ncsc1S(=O)(=O)N(C)Cc1cc(C)on1. The third-order valence-electron chi connectivity index (χ3n) is 2.62. The smallest absolute Gasteiger partial charge is 0.358 e. The van der Waals surface area contributed by atoms with E-state index in [0.29, 0.717) is 11.5 Å². The quantitative estimate of drug-likeness (QED) is 0.754. The van der Waals surface area contributed by atoms with Gasteiger partial charge in [-0.2, -0.15) is 4.31 Å². The second-order valence-corrected chi connectivity index (χ2v) is 7.26. The van der Waals surface area contributed by atoms with E-state index in [1.807, 2.05) is 0 Å². The summed E-state index contributed by atoms with van der Waals surface area (Å²) >= 11 is 0.859. The number of carbonyl (C=O) groups excluding carboxylic acids is 1. The van der Waals surface area contributed by atoms with E-state index in [9.17, 15) is 13.2 Å². The van der Waals surface area contributed by atoms with Crippen molar-refractivity contribution in [2.75, 3.05) is 14.2 Å². The van der Waals surface area contributed by atoms with Gasteiger partial charge in [-0.1, -0.05) is 5.16 Å². The molecule has 8 nitrogen and oxygen atoms in total. The lowest BCUT2D eigenvalue weighted by molar-refractivity contribution is 0.0590. The van der Waals surface area contributed by atoms with E-state index in [2.05, 4.69) is 14.9 Å². The van der Waals surface area contributed by atoms with Gasteiger partial charge in [-0.15, -0.1) is 11.3 Å². The van der Waals surface area contributed by atoms with E-state index in [1.54, 1.807) is 13.0 Å². The monoisotopic (exact) mass is 331 g/mol. The van der Waals surface area contributed by atoms with Crippen LogP contribution < -0.4 is 0 Å². The molecule has 0 aliphatic rings. The van der Waals surface area contributed by atoms with Crippen LogP contribution in [0.4, 0.5) is 0 Å². The van der Waals surface area contributed by atoms with Gasteiger partial charge in [0.15, 0.2) is 9.90 Å². The van der Waals surface area contributed by atoms with Crippen molar-refractivity contribution in [1.29, 1.82) is 0 Å². The predicted molar refractivity (Wildman–Crippen MR) is 73.3 cm³/mol. The second kappa shape index (κ2) is 5.92. The van der Waals surface area contributed by atoms with Crippen LogP contribution in [0.3, 0.4) is 0 Å². The fourth-order valence-electron chi connectivity index (χ4n) is 1.60.